The van der Waals surface area contributed by atoms with E-state index in [1.165, 1.54) is 0 Å². The first-order valence-electron chi connectivity index (χ1n) is 11.5. The van der Waals surface area contributed by atoms with Gasteiger partial charge in [-0.25, -0.2) is 9.59 Å². The highest BCUT2D eigenvalue weighted by Gasteiger charge is 2.31. The summed E-state index contributed by atoms with van der Waals surface area (Å²) in [6, 6.07) is 7.31. The maximum atomic E-state index is 13.1. The first-order chi connectivity index (χ1) is 16.1. The third-order valence-corrected chi connectivity index (χ3v) is 4.99. The van der Waals surface area contributed by atoms with Crippen molar-refractivity contribution in [3.05, 3.63) is 52.3 Å². The number of hydrogen-bond acceptors (Lipinski definition) is 7. The van der Waals surface area contributed by atoms with Crippen LogP contribution in [0.2, 0.25) is 0 Å². The molecule has 0 aliphatic heterocycles. The van der Waals surface area contributed by atoms with E-state index >= 15 is 0 Å². The van der Waals surface area contributed by atoms with Gasteiger partial charge in [0.15, 0.2) is 0 Å². The van der Waals surface area contributed by atoms with Gasteiger partial charge in [-0.1, -0.05) is 58.0 Å². The number of ether oxygens (including phenoxy) is 1. The molecule has 0 saturated carbocycles. The molecule has 2 aromatic rings. The lowest BCUT2D eigenvalue weighted by Crippen LogP contribution is -2.52. The quantitative estimate of drug-likeness (QED) is 0.452. The average Bonchev–Trinajstić information content (AvgIpc) is 3.17. The Kier molecular flexibility index (Phi) is 10.0. The Morgan fingerprint density at radius 2 is 1.62 bits per heavy atom. The first-order valence-corrected chi connectivity index (χ1v) is 11.5. The Balaban J connectivity index is 2.11. The third kappa shape index (κ3) is 8.17. The largest absolute Gasteiger partial charge is 0.445 e. The summed E-state index contributed by atoms with van der Waals surface area (Å²) in [6.45, 7) is 9.65. The maximum absolute atomic E-state index is 13.1. The van der Waals surface area contributed by atoms with E-state index in [9.17, 15) is 19.2 Å². The highest BCUT2D eigenvalue weighted by Crippen LogP contribution is 2.12. The molecule has 0 bridgehead atoms. The summed E-state index contributed by atoms with van der Waals surface area (Å²) in [7, 11) is 0. The van der Waals surface area contributed by atoms with Gasteiger partial charge in [-0.05, 0) is 37.2 Å². The lowest BCUT2D eigenvalue weighted by molar-refractivity contribution is -0.124. The fraction of sp³-hybridized carbons (Fsp3) is 0.542. The molecule has 0 fully saturated rings. The second kappa shape index (κ2) is 12.7. The van der Waals surface area contributed by atoms with Gasteiger partial charge in [0.1, 0.15) is 12.6 Å². The molecule has 186 valence electrons. The molecule has 10 nitrogen and oxygen atoms in total. The summed E-state index contributed by atoms with van der Waals surface area (Å²) >= 11 is 0. The Labute approximate surface area is 199 Å². The van der Waals surface area contributed by atoms with Crippen molar-refractivity contribution in [3.8, 4) is 0 Å². The molecule has 1 aromatic heterocycles. The lowest BCUT2D eigenvalue weighted by atomic mass is 9.98. The van der Waals surface area contributed by atoms with Crippen LogP contribution in [0.1, 0.15) is 63.7 Å². The molecular formula is C24H34N4O6. The Bertz CT molecular complexity index is 1010. The topological polar surface area (TPSA) is 133 Å². The van der Waals surface area contributed by atoms with E-state index in [0.717, 1.165) is 10.2 Å². The summed E-state index contributed by atoms with van der Waals surface area (Å²) < 4.78 is 11.3. The van der Waals surface area contributed by atoms with Crippen LogP contribution in [-0.4, -0.2) is 39.6 Å². The first kappa shape index (κ1) is 26.8. The minimum atomic E-state index is -0.965. The smallest absolute Gasteiger partial charge is 0.437 e. The number of carbonyl (C=O) groups is 3. The van der Waals surface area contributed by atoms with Crippen LogP contribution >= 0.6 is 0 Å². The molecule has 10 heteroatoms. The molecule has 2 rings (SSSR count). The number of aromatic nitrogens is 2. The number of rotatable bonds is 12. The number of alkyl carbamates (subject to hydrolysis) is 1. The van der Waals surface area contributed by atoms with Crippen LogP contribution < -0.4 is 16.4 Å². The molecular weight excluding hydrogens is 440 g/mol. The van der Waals surface area contributed by atoms with Crippen LogP contribution in [0.25, 0.3) is 0 Å². The van der Waals surface area contributed by atoms with Gasteiger partial charge >= 0.3 is 11.8 Å². The van der Waals surface area contributed by atoms with Crippen molar-refractivity contribution < 1.29 is 23.5 Å². The summed E-state index contributed by atoms with van der Waals surface area (Å²) in [5.74, 6) is -2.07. The van der Waals surface area contributed by atoms with Gasteiger partial charge in [0.05, 0.1) is 6.04 Å². The summed E-state index contributed by atoms with van der Waals surface area (Å²) in [6.07, 6.45) is -0.0850. The van der Waals surface area contributed by atoms with Gasteiger partial charge in [0.2, 0.25) is 11.7 Å². The zero-order chi connectivity index (χ0) is 25.3. The molecule has 0 radical (unpaired) electrons. The van der Waals surface area contributed by atoms with Crippen LogP contribution in [-0.2, 0) is 22.7 Å². The van der Waals surface area contributed by atoms with E-state index in [1.807, 2.05) is 58.0 Å². The summed E-state index contributed by atoms with van der Waals surface area (Å²) in [5.41, 5.74) is 0.818. The van der Waals surface area contributed by atoms with Crippen molar-refractivity contribution in [2.24, 2.45) is 11.8 Å². The molecule has 2 amide bonds. The number of hydrogen-bond donors (Lipinski definition) is 2. The van der Waals surface area contributed by atoms with Gasteiger partial charge in [-0.15, -0.1) is 5.10 Å². The molecule has 1 aromatic carbocycles. The van der Waals surface area contributed by atoms with Gasteiger partial charge in [-0.3, -0.25) is 9.59 Å². The zero-order valence-corrected chi connectivity index (χ0v) is 20.4. The number of benzene rings is 1. The van der Waals surface area contributed by atoms with E-state index in [2.05, 4.69) is 15.7 Å². The lowest BCUT2D eigenvalue weighted by Gasteiger charge is -2.24. The third-order valence-electron chi connectivity index (χ3n) is 4.99. The van der Waals surface area contributed by atoms with E-state index in [0.29, 0.717) is 12.8 Å². The Hall–Kier alpha value is -3.43. The number of aryl methyl sites for hydroxylation is 1. The number of amides is 2. The minimum absolute atomic E-state index is 0.0570. The van der Waals surface area contributed by atoms with Crippen LogP contribution in [0.15, 0.2) is 39.5 Å². The Morgan fingerprint density at radius 3 is 2.18 bits per heavy atom. The molecule has 1 heterocycles. The number of carbonyl (C=O) groups excluding carboxylic acids is 3. The second-order valence-electron chi connectivity index (χ2n) is 8.93. The van der Waals surface area contributed by atoms with E-state index in [1.54, 1.807) is 6.92 Å². The van der Waals surface area contributed by atoms with E-state index < -0.39 is 35.6 Å². The second-order valence-corrected chi connectivity index (χ2v) is 8.93. The van der Waals surface area contributed by atoms with Gasteiger partial charge in [-0.2, -0.15) is 4.68 Å². The van der Waals surface area contributed by atoms with Crippen LogP contribution in [0.5, 0.6) is 0 Å². The minimum Gasteiger partial charge on any atom is -0.445 e. The van der Waals surface area contributed by atoms with Crippen LogP contribution in [0.4, 0.5) is 4.79 Å². The van der Waals surface area contributed by atoms with Gasteiger partial charge < -0.3 is 19.8 Å². The average molecular weight is 475 g/mol. The van der Waals surface area contributed by atoms with Crippen molar-refractivity contribution in [1.29, 1.82) is 0 Å². The highest BCUT2D eigenvalue weighted by molar-refractivity contribution is 5.99. The normalized spacial score (nSPS) is 12.9. The van der Waals surface area contributed by atoms with Crippen LogP contribution in [0.3, 0.4) is 0 Å². The summed E-state index contributed by atoms with van der Waals surface area (Å²) in [4.78, 5) is 50.2. The fourth-order valence-corrected chi connectivity index (χ4v) is 3.34. The molecule has 34 heavy (non-hydrogen) atoms. The maximum Gasteiger partial charge on any atom is 0.437 e. The highest BCUT2D eigenvalue weighted by atomic mass is 16.5. The molecule has 0 saturated heterocycles. The fourth-order valence-electron chi connectivity index (χ4n) is 3.34. The standard InChI is InChI=1S/C24H34N4O6/c1-6-28-24(32)34-22(27-28)20(29)18(12-15(2)3)25-21(30)19(13-16(4)5)26-23(31)33-14-17-10-8-7-9-11-17/h7-11,15-16,18-19H,6,12-14H2,1-5H3,(H,25,30)(H,26,31). The molecule has 2 atom stereocenters. The molecule has 0 aliphatic rings. The van der Waals surface area contributed by atoms with Crippen molar-refractivity contribution in [1.82, 2.24) is 20.4 Å². The molecule has 2 N–H and O–H groups in total. The van der Waals surface area contributed by atoms with Crippen molar-refractivity contribution in [2.75, 3.05) is 0 Å². The van der Waals surface area contributed by atoms with Gasteiger partial charge in [0.25, 0.3) is 5.89 Å². The zero-order valence-electron chi connectivity index (χ0n) is 20.4. The van der Waals surface area contributed by atoms with Crippen molar-refractivity contribution in [3.63, 3.8) is 0 Å². The van der Waals surface area contributed by atoms with E-state index in [-0.39, 0.29) is 30.9 Å². The predicted octanol–water partition coefficient (Wildman–Crippen LogP) is 2.91. The number of ketones is 1. The monoisotopic (exact) mass is 474 g/mol. The summed E-state index contributed by atoms with van der Waals surface area (Å²) in [5, 5.41) is 9.21. The van der Waals surface area contributed by atoms with E-state index in [4.69, 9.17) is 9.15 Å². The SMILES string of the molecule is CCn1nc(C(=O)C(CC(C)C)NC(=O)C(CC(C)C)NC(=O)OCc2ccccc2)oc1=O. The molecule has 2 unspecified atom stereocenters. The van der Waals surface area contributed by atoms with Crippen molar-refractivity contribution >= 4 is 17.8 Å². The van der Waals surface area contributed by atoms with Gasteiger partial charge in [0, 0.05) is 6.54 Å². The Morgan fingerprint density at radius 1 is 1.00 bits per heavy atom. The van der Waals surface area contributed by atoms with Crippen molar-refractivity contribution in [2.45, 2.75) is 72.7 Å². The molecule has 0 aliphatic carbocycles. The van der Waals surface area contributed by atoms with Crippen LogP contribution in [0, 0.1) is 11.8 Å². The number of nitrogens with zero attached hydrogens (tertiary/aromatic N) is 2. The number of Topliss-reactive ketones (excluding diaryl/α,β-unsaturated/α-hetero) is 1. The number of nitrogens with one attached hydrogen (secondary N) is 2. The molecule has 0 spiro atoms. The predicted molar refractivity (Wildman–Crippen MR) is 125 cm³/mol.